The van der Waals surface area contributed by atoms with E-state index in [0.717, 1.165) is 0 Å². The highest BCUT2D eigenvalue weighted by Gasteiger charge is 2.31. The topological polar surface area (TPSA) is 20.2 Å². The lowest BCUT2D eigenvalue weighted by Gasteiger charge is -2.21. The van der Waals surface area contributed by atoms with E-state index >= 15 is 0 Å². The molecule has 2 atom stereocenters. The third-order valence-electron chi connectivity index (χ3n) is 1.00. The van der Waals surface area contributed by atoms with E-state index in [-0.39, 0.29) is 0 Å². The van der Waals surface area contributed by atoms with E-state index in [2.05, 4.69) is 6.92 Å². The summed E-state index contributed by atoms with van der Waals surface area (Å²) in [6.45, 7) is 4.99. The van der Waals surface area contributed by atoms with Crippen LogP contribution in [0.15, 0.2) is 0 Å². The van der Waals surface area contributed by atoms with Gasteiger partial charge in [-0.25, -0.2) is 0 Å². The summed E-state index contributed by atoms with van der Waals surface area (Å²) in [7, 11) is 0. The molecule has 0 saturated heterocycles. The molecule has 0 amide bonds. The number of rotatable bonds is 1. The van der Waals surface area contributed by atoms with Crippen LogP contribution in [-0.4, -0.2) is 15.0 Å². The Morgan fingerprint density at radius 2 is 1.78 bits per heavy atom. The van der Waals surface area contributed by atoms with Gasteiger partial charge in [0, 0.05) is 5.92 Å². The van der Waals surface area contributed by atoms with Gasteiger partial charge < -0.3 is 5.11 Å². The average molecular weight is 190 g/mol. The predicted molar refractivity (Wildman–Crippen MR) is 40.8 cm³/mol. The molecular formula is C5H8Cl3O. The van der Waals surface area contributed by atoms with Crippen LogP contribution in [0, 0.1) is 12.8 Å². The van der Waals surface area contributed by atoms with Crippen molar-refractivity contribution in [3.8, 4) is 0 Å². The van der Waals surface area contributed by atoms with Crippen molar-refractivity contribution in [3.05, 3.63) is 6.92 Å². The molecule has 1 radical (unpaired) electrons. The van der Waals surface area contributed by atoms with Crippen LogP contribution < -0.4 is 0 Å². The first-order valence-electron chi connectivity index (χ1n) is 2.43. The molecule has 0 rings (SSSR count). The second kappa shape index (κ2) is 3.29. The average Bonchev–Trinajstić information content (AvgIpc) is 1.62. The van der Waals surface area contributed by atoms with Crippen molar-refractivity contribution in [2.75, 3.05) is 0 Å². The summed E-state index contributed by atoms with van der Waals surface area (Å²) in [4.78, 5) is 0. The van der Waals surface area contributed by atoms with Gasteiger partial charge in [0.15, 0.2) is 3.79 Å². The second-order valence-electron chi connectivity index (χ2n) is 1.89. The Balaban J connectivity index is 3.88. The van der Waals surface area contributed by atoms with Crippen LogP contribution in [0.1, 0.15) is 6.92 Å². The smallest absolute Gasteiger partial charge is 0.195 e. The lowest BCUT2D eigenvalue weighted by Crippen LogP contribution is -2.26. The number of hydrogen-bond acceptors (Lipinski definition) is 1. The number of hydrogen-bond donors (Lipinski definition) is 1. The van der Waals surface area contributed by atoms with E-state index in [1.807, 2.05) is 0 Å². The largest absolute Gasteiger partial charge is 0.393 e. The van der Waals surface area contributed by atoms with Crippen LogP contribution in [0.25, 0.3) is 0 Å². The molecule has 0 spiro atoms. The minimum atomic E-state index is -1.46. The van der Waals surface area contributed by atoms with Gasteiger partial charge in [-0.15, -0.1) is 0 Å². The van der Waals surface area contributed by atoms with Gasteiger partial charge >= 0.3 is 0 Å². The van der Waals surface area contributed by atoms with E-state index in [1.165, 1.54) is 6.92 Å². The molecule has 0 aromatic carbocycles. The summed E-state index contributed by atoms with van der Waals surface area (Å²) in [5, 5.41) is 8.84. The maximum absolute atomic E-state index is 8.84. The Labute approximate surface area is 69.9 Å². The molecule has 0 saturated carbocycles. The molecular weight excluding hydrogens is 182 g/mol. The predicted octanol–water partition coefficient (Wildman–Crippen LogP) is 2.19. The zero-order chi connectivity index (χ0) is 7.65. The number of halogens is 3. The normalized spacial score (nSPS) is 19.3. The maximum atomic E-state index is 8.84. The fourth-order valence-corrected chi connectivity index (χ4v) is 0.820. The van der Waals surface area contributed by atoms with Gasteiger partial charge in [-0.3, -0.25) is 0 Å². The van der Waals surface area contributed by atoms with Crippen LogP contribution in [0.2, 0.25) is 0 Å². The molecule has 0 bridgehead atoms. The maximum Gasteiger partial charge on any atom is 0.195 e. The van der Waals surface area contributed by atoms with Crippen molar-refractivity contribution >= 4 is 34.8 Å². The Kier molecular flexibility index (Phi) is 3.59. The molecule has 0 aliphatic rings. The monoisotopic (exact) mass is 189 g/mol. The molecule has 0 fully saturated rings. The Morgan fingerprint density at radius 1 is 1.44 bits per heavy atom. The zero-order valence-electron chi connectivity index (χ0n) is 4.94. The molecule has 0 aliphatic heterocycles. The van der Waals surface area contributed by atoms with Gasteiger partial charge in [-0.2, -0.15) is 0 Å². The van der Waals surface area contributed by atoms with E-state index in [9.17, 15) is 0 Å². The van der Waals surface area contributed by atoms with E-state index < -0.39 is 15.8 Å². The molecule has 9 heavy (non-hydrogen) atoms. The molecule has 2 unspecified atom stereocenters. The molecule has 1 N–H and O–H groups in total. The summed E-state index contributed by atoms with van der Waals surface area (Å²) in [5.41, 5.74) is 0. The highest BCUT2D eigenvalue weighted by molar-refractivity contribution is 6.67. The highest BCUT2D eigenvalue weighted by atomic mass is 35.6. The van der Waals surface area contributed by atoms with Gasteiger partial charge in [0.25, 0.3) is 0 Å². The SMILES string of the molecule is [CH2]C(C(C)O)C(Cl)(Cl)Cl. The number of aliphatic hydroxyl groups is 1. The molecule has 0 aromatic rings. The molecule has 1 nitrogen and oxygen atoms in total. The lowest BCUT2D eigenvalue weighted by molar-refractivity contribution is 0.149. The van der Waals surface area contributed by atoms with Gasteiger partial charge in [0.2, 0.25) is 0 Å². The van der Waals surface area contributed by atoms with E-state index in [0.29, 0.717) is 0 Å². The first-order chi connectivity index (χ1) is 3.85. The lowest BCUT2D eigenvalue weighted by atomic mass is 10.1. The Hall–Kier alpha value is 0.830. The standard InChI is InChI=1S/C5H8Cl3O/c1-3(4(2)9)5(6,7)8/h3-4,9H,1H2,2H3. The van der Waals surface area contributed by atoms with Crippen molar-refractivity contribution in [3.63, 3.8) is 0 Å². The van der Waals surface area contributed by atoms with Gasteiger partial charge in [0.05, 0.1) is 6.10 Å². The summed E-state index contributed by atoms with van der Waals surface area (Å²) >= 11 is 16.2. The zero-order valence-corrected chi connectivity index (χ0v) is 7.21. The van der Waals surface area contributed by atoms with Crippen molar-refractivity contribution in [2.24, 2.45) is 5.92 Å². The van der Waals surface area contributed by atoms with E-state index in [1.54, 1.807) is 0 Å². The van der Waals surface area contributed by atoms with Crippen molar-refractivity contribution < 1.29 is 5.11 Å². The first-order valence-corrected chi connectivity index (χ1v) is 3.57. The summed E-state index contributed by atoms with van der Waals surface area (Å²) < 4.78 is -1.46. The highest BCUT2D eigenvalue weighted by Crippen LogP contribution is 2.36. The third-order valence-corrected chi connectivity index (χ3v) is 1.84. The van der Waals surface area contributed by atoms with Crippen molar-refractivity contribution in [2.45, 2.75) is 16.8 Å². The second-order valence-corrected chi connectivity index (χ2v) is 4.26. The Bertz CT molecular complexity index is 86.7. The summed E-state index contributed by atoms with van der Waals surface area (Å²) in [6.07, 6.45) is -0.697. The minimum absolute atomic E-state index is 0.581. The van der Waals surface area contributed by atoms with Crippen LogP contribution in [0.3, 0.4) is 0 Å². The molecule has 55 valence electrons. The summed E-state index contributed by atoms with van der Waals surface area (Å²) in [5.74, 6) is -0.581. The number of alkyl halides is 3. The van der Waals surface area contributed by atoms with Crippen molar-refractivity contribution in [1.82, 2.24) is 0 Å². The Morgan fingerprint density at radius 3 is 1.78 bits per heavy atom. The van der Waals surface area contributed by atoms with Crippen LogP contribution in [0.4, 0.5) is 0 Å². The molecule has 0 heterocycles. The molecule has 0 aromatic heterocycles. The van der Waals surface area contributed by atoms with Gasteiger partial charge in [-0.1, -0.05) is 34.8 Å². The first kappa shape index (κ1) is 9.83. The van der Waals surface area contributed by atoms with Crippen molar-refractivity contribution in [1.29, 1.82) is 0 Å². The van der Waals surface area contributed by atoms with Crippen LogP contribution in [-0.2, 0) is 0 Å². The van der Waals surface area contributed by atoms with Gasteiger partial charge in [0.1, 0.15) is 0 Å². The summed E-state index contributed by atoms with van der Waals surface area (Å²) in [6, 6.07) is 0. The minimum Gasteiger partial charge on any atom is -0.393 e. The fourth-order valence-electron chi connectivity index (χ4n) is 0.273. The number of aliphatic hydroxyl groups excluding tert-OH is 1. The van der Waals surface area contributed by atoms with Crippen LogP contribution in [0.5, 0.6) is 0 Å². The third kappa shape index (κ3) is 3.51. The van der Waals surface area contributed by atoms with E-state index in [4.69, 9.17) is 39.9 Å². The molecule has 0 aliphatic carbocycles. The van der Waals surface area contributed by atoms with Crippen LogP contribution >= 0.6 is 34.8 Å². The van der Waals surface area contributed by atoms with Gasteiger partial charge in [-0.05, 0) is 13.8 Å². The quantitative estimate of drug-likeness (QED) is 0.629. The molecule has 4 heteroatoms. The fraction of sp³-hybridized carbons (Fsp3) is 0.800.